The number of carbonyl (C=O) groups excluding carboxylic acids is 2. The van der Waals surface area contributed by atoms with Crippen molar-refractivity contribution < 1.29 is 9.59 Å². The molecule has 22 heavy (non-hydrogen) atoms. The third kappa shape index (κ3) is 3.50. The number of Topliss-reactive ketones (excluding diaryl/α,β-unsaturated/α-hetero) is 2. The molecule has 1 saturated carbocycles. The number of aromatic nitrogens is 2. The Labute approximate surface area is 137 Å². The second kappa shape index (κ2) is 6.79. The van der Waals surface area contributed by atoms with E-state index in [1.54, 1.807) is 28.9 Å². The summed E-state index contributed by atoms with van der Waals surface area (Å²) in [5.74, 6) is 0.796. The summed E-state index contributed by atoms with van der Waals surface area (Å²) in [7, 11) is 0. The highest BCUT2D eigenvalue weighted by atomic mass is 32.1. The topological polar surface area (TPSA) is 59.9 Å². The molecule has 0 bridgehead atoms. The highest BCUT2D eigenvalue weighted by Crippen LogP contribution is 2.46. The minimum atomic E-state index is 0.0739. The summed E-state index contributed by atoms with van der Waals surface area (Å²) in [6, 6.07) is 0. The number of ketones is 2. The van der Waals surface area contributed by atoms with Crippen molar-refractivity contribution in [2.24, 2.45) is 0 Å². The van der Waals surface area contributed by atoms with E-state index >= 15 is 0 Å². The van der Waals surface area contributed by atoms with Crippen LogP contribution in [0.4, 0.5) is 0 Å². The molecule has 1 fully saturated rings. The van der Waals surface area contributed by atoms with E-state index in [9.17, 15) is 9.59 Å². The summed E-state index contributed by atoms with van der Waals surface area (Å²) in [4.78, 5) is 33.8. The molecule has 2 aromatic heterocycles. The van der Waals surface area contributed by atoms with Gasteiger partial charge < -0.3 is 0 Å². The van der Waals surface area contributed by atoms with Gasteiger partial charge in [-0.3, -0.25) is 9.59 Å². The molecular formula is C16H18N2O2S2. The molecule has 3 rings (SSSR count). The smallest absolute Gasteiger partial charge is 0.182 e. The largest absolute Gasteiger partial charge is 0.300 e. The Morgan fingerprint density at radius 3 is 2.73 bits per heavy atom. The minimum absolute atomic E-state index is 0.0739. The number of thiazole rings is 2. The third-order valence-electron chi connectivity index (χ3n) is 3.73. The predicted molar refractivity (Wildman–Crippen MR) is 88.7 cm³/mol. The molecule has 0 aromatic carbocycles. The number of nitrogens with zero attached hydrogens (tertiary/aromatic N) is 2. The molecule has 4 nitrogen and oxygen atoms in total. The van der Waals surface area contributed by atoms with E-state index in [1.165, 1.54) is 0 Å². The van der Waals surface area contributed by atoms with Gasteiger partial charge in [0, 0.05) is 35.7 Å². The fraction of sp³-hybridized carbons (Fsp3) is 0.500. The average molecular weight is 334 g/mol. The first kappa shape index (κ1) is 15.5. The van der Waals surface area contributed by atoms with Crippen molar-refractivity contribution in [2.75, 3.05) is 0 Å². The fourth-order valence-corrected chi connectivity index (χ4v) is 4.25. The molecule has 2 aromatic rings. The highest BCUT2D eigenvalue weighted by molar-refractivity contribution is 7.20. The first-order valence-corrected chi connectivity index (χ1v) is 9.34. The van der Waals surface area contributed by atoms with Gasteiger partial charge in [-0.2, -0.15) is 0 Å². The third-order valence-corrected chi connectivity index (χ3v) is 5.87. The van der Waals surface area contributed by atoms with Gasteiger partial charge in [-0.15, -0.1) is 22.7 Å². The number of hydrogen-bond donors (Lipinski definition) is 0. The molecule has 0 spiro atoms. The summed E-state index contributed by atoms with van der Waals surface area (Å²) < 4.78 is 0. The summed E-state index contributed by atoms with van der Waals surface area (Å²) in [5, 5.41) is 3.66. The van der Waals surface area contributed by atoms with Crippen LogP contribution in [0.3, 0.4) is 0 Å². The molecule has 0 N–H and O–H groups in total. The van der Waals surface area contributed by atoms with Crippen LogP contribution >= 0.6 is 22.7 Å². The molecule has 0 amide bonds. The first-order valence-electron chi connectivity index (χ1n) is 7.64. The zero-order valence-electron chi connectivity index (χ0n) is 12.5. The van der Waals surface area contributed by atoms with Crippen molar-refractivity contribution >= 4 is 34.2 Å². The maximum atomic E-state index is 12.5. The van der Waals surface area contributed by atoms with Crippen molar-refractivity contribution in [3.8, 4) is 10.0 Å². The lowest BCUT2D eigenvalue weighted by Gasteiger charge is -2.00. The van der Waals surface area contributed by atoms with Gasteiger partial charge in [0.15, 0.2) is 15.8 Å². The second-order valence-corrected chi connectivity index (χ2v) is 7.44. The van der Waals surface area contributed by atoms with Crippen LogP contribution in [0.1, 0.15) is 66.7 Å². The van der Waals surface area contributed by atoms with Gasteiger partial charge in [0.05, 0.1) is 0 Å². The van der Waals surface area contributed by atoms with Gasteiger partial charge in [0.25, 0.3) is 0 Å². The Hall–Kier alpha value is -1.40. The van der Waals surface area contributed by atoms with Crippen molar-refractivity contribution in [1.82, 2.24) is 9.97 Å². The van der Waals surface area contributed by atoms with Crippen LogP contribution in [-0.2, 0) is 4.79 Å². The van der Waals surface area contributed by atoms with Gasteiger partial charge in [0.1, 0.15) is 11.5 Å². The number of hydrogen-bond acceptors (Lipinski definition) is 6. The van der Waals surface area contributed by atoms with Crippen molar-refractivity contribution in [2.45, 2.75) is 51.4 Å². The summed E-state index contributed by atoms with van der Waals surface area (Å²) in [6.07, 6.45) is 6.13. The molecule has 0 atom stereocenters. The van der Waals surface area contributed by atoms with Crippen LogP contribution in [0, 0.1) is 0 Å². The summed E-state index contributed by atoms with van der Waals surface area (Å²) in [5.41, 5.74) is 0.627. The molecule has 0 radical (unpaired) electrons. The quantitative estimate of drug-likeness (QED) is 0.668. The second-order valence-electron chi connectivity index (χ2n) is 5.51. The zero-order valence-corrected chi connectivity index (χ0v) is 14.1. The SMILES string of the molecule is CCC(=O)CCCC(=O)c1nc(-c2nccs2)sc1C1CC1. The number of rotatable bonds is 8. The van der Waals surface area contributed by atoms with Crippen LogP contribution in [-0.4, -0.2) is 21.5 Å². The van der Waals surface area contributed by atoms with E-state index < -0.39 is 0 Å². The van der Waals surface area contributed by atoms with Crippen LogP contribution in [0.15, 0.2) is 11.6 Å². The lowest BCUT2D eigenvalue weighted by Crippen LogP contribution is -2.04. The van der Waals surface area contributed by atoms with Crippen LogP contribution in [0.25, 0.3) is 10.0 Å². The van der Waals surface area contributed by atoms with Gasteiger partial charge >= 0.3 is 0 Å². The monoisotopic (exact) mass is 334 g/mol. The predicted octanol–water partition coefficient (Wildman–Crippen LogP) is 4.48. The molecule has 116 valence electrons. The minimum Gasteiger partial charge on any atom is -0.300 e. The summed E-state index contributed by atoms with van der Waals surface area (Å²) in [6.45, 7) is 1.86. The Balaban J connectivity index is 1.74. The first-order chi connectivity index (χ1) is 10.7. The zero-order chi connectivity index (χ0) is 15.5. The highest BCUT2D eigenvalue weighted by Gasteiger charge is 2.32. The van der Waals surface area contributed by atoms with Gasteiger partial charge in [0.2, 0.25) is 0 Å². The van der Waals surface area contributed by atoms with Crippen LogP contribution < -0.4 is 0 Å². The van der Waals surface area contributed by atoms with Crippen molar-refractivity contribution in [1.29, 1.82) is 0 Å². The lowest BCUT2D eigenvalue weighted by molar-refractivity contribution is -0.118. The number of carbonyl (C=O) groups is 2. The Bertz CT molecular complexity index is 672. The normalized spacial score (nSPS) is 14.2. The van der Waals surface area contributed by atoms with Gasteiger partial charge in [-0.05, 0) is 25.2 Å². The fourth-order valence-electron chi connectivity index (χ4n) is 2.32. The Kier molecular flexibility index (Phi) is 4.78. The van der Waals surface area contributed by atoms with E-state index in [4.69, 9.17) is 0 Å². The lowest BCUT2D eigenvalue weighted by atomic mass is 10.1. The van der Waals surface area contributed by atoms with Crippen molar-refractivity contribution in [3.63, 3.8) is 0 Å². The van der Waals surface area contributed by atoms with E-state index in [0.29, 0.717) is 37.3 Å². The molecule has 0 aliphatic heterocycles. The van der Waals surface area contributed by atoms with Crippen LogP contribution in [0.5, 0.6) is 0 Å². The molecule has 6 heteroatoms. The molecule has 1 aliphatic rings. The Morgan fingerprint density at radius 2 is 2.09 bits per heavy atom. The van der Waals surface area contributed by atoms with Gasteiger partial charge in [-0.1, -0.05) is 6.92 Å². The average Bonchev–Trinajstić information content (AvgIpc) is 3.05. The van der Waals surface area contributed by atoms with Gasteiger partial charge in [-0.25, -0.2) is 9.97 Å². The van der Waals surface area contributed by atoms with E-state index in [0.717, 1.165) is 27.7 Å². The molecule has 1 aliphatic carbocycles. The van der Waals surface area contributed by atoms with E-state index in [-0.39, 0.29) is 11.6 Å². The molecule has 2 heterocycles. The molecule has 0 unspecified atom stereocenters. The van der Waals surface area contributed by atoms with Crippen molar-refractivity contribution in [3.05, 3.63) is 22.1 Å². The van der Waals surface area contributed by atoms with E-state index in [1.807, 2.05) is 12.3 Å². The summed E-state index contributed by atoms with van der Waals surface area (Å²) >= 11 is 3.16. The standard InChI is InChI=1S/C16H18N2O2S2/c1-2-11(19)4-3-5-12(20)13-14(10-6-7-10)22-16(18-13)15-17-8-9-21-15/h8-10H,2-7H2,1H3. The van der Waals surface area contributed by atoms with Crippen LogP contribution in [0.2, 0.25) is 0 Å². The van der Waals surface area contributed by atoms with E-state index in [2.05, 4.69) is 9.97 Å². The maximum Gasteiger partial charge on any atom is 0.182 e. The molecular weight excluding hydrogens is 316 g/mol. The molecule has 0 saturated heterocycles. The Morgan fingerprint density at radius 1 is 1.27 bits per heavy atom. The maximum absolute atomic E-state index is 12.5.